The largest absolute Gasteiger partial charge is 0.350 e. The molecule has 31 heavy (non-hydrogen) atoms. The number of hydrogen-bond acceptors (Lipinski definition) is 4. The van der Waals surface area contributed by atoms with E-state index in [0.717, 1.165) is 43.4 Å². The van der Waals surface area contributed by atoms with E-state index in [1.54, 1.807) is 22.5 Å². The highest BCUT2D eigenvalue weighted by Crippen LogP contribution is 2.47. The number of benzene rings is 1. The zero-order chi connectivity index (χ0) is 21.8. The Kier molecular flexibility index (Phi) is 4.97. The van der Waals surface area contributed by atoms with Crippen molar-refractivity contribution in [1.82, 2.24) is 9.62 Å². The molecule has 1 N–H and O–H groups in total. The molecule has 1 saturated heterocycles. The maximum atomic E-state index is 13.7. The highest BCUT2D eigenvalue weighted by Gasteiger charge is 2.52. The first-order valence-corrected chi connectivity index (χ1v) is 12.7. The van der Waals surface area contributed by atoms with Gasteiger partial charge < -0.3 is 10.2 Å². The SMILES string of the molecule is C=CC(=O)NC1CCN(S(=O)(=O)c2ccc3c(c2)CCN3C(=O)C2CC2)C2(CCC2)C1. The molecule has 0 aromatic heterocycles. The maximum Gasteiger partial charge on any atom is 0.243 e. The van der Waals surface area contributed by atoms with E-state index < -0.39 is 15.6 Å². The van der Waals surface area contributed by atoms with E-state index in [2.05, 4.69) is 11.9 Å². The van der Waals surface area contributed by atoms with Crippen LogP contribution in [0.1, 0.15) is 50.5 Å². The van der Waals surface area contributed by atoms with Crippen LogP contribution in [0.4, 0.5) is 5.69 Å². The number of rotatable bonds is 5. The Balaban J connectivity index is 1.39. The van der Waals surface area contributed by atoms with Crippen molar-refractivity contribution in [1.29, 1.82) is 0 Å². The minimum atomic E-state index is -3.65. The number of amides is 2. The van der Waals surface area contributed by atoms with Gasteiger partial charge in [0.15, 0.2) is 0 Å². The molecule has 7 nitrogen and oxygen atoms in total. The van der Waals surface area contributed by atoms with Gasteiger partial charge in [0.2, 0.25) is 21.8 Å². The number of hydrogen-bond donors (Lipinski definition) is 1. The Morgan fingerprint density at radius 3 is 2.58 bits per heavy atom. The van der Waals surface area contributed by atoms with Crippen LogP contribution in [0.15, 0.2) is 35.7 Å². The van der Waals surface area contributed by atoms with Crippen LogP contribution in [0.25, 0.3) is 0 Å². The molecule has 1 spiro atoms. The zero-order valence-corrected chi connectivity index (χ0v) is 18.5. The molecule has 0 bridgehead atoms. The van der Waals surface area contributed by atoms with Crippen LogP contribution >= 0.6 is 0 Å². The third kappa shape index (κ3) is 3.49. The van der Waals surface area contributed by atoms with Crippen LogP contribution in [-0.4, -0.2) is 49.2 Å². The Morgan fingerprint density at radius 2 is 1.94 bits per heavy atom. The van der Waals surface area contributed by atoms with Crippen molar-refractivity contribution in [2.24, 2.45) is 5.92 Å². The predicted molar refractivity (Wildman–Crippen MR) is 117 cm³/mol. The van der Waals surface area contributed by atoms with Gasteiger partial charge in [0.1, 0.15) is 0 Å². The molecule has 1 aromatic carbocycles. The number of carbonyl (C=O) groups excluding carboxylic acids is 2. The minimum Gasteiger partial charge on any atom is -0.350 e. The lowest BCUT2D eigenvalue weighted by Gasteiger charge is -2.54. The van der Waals surface area contributed by atoms with Crippen LogP contribution in [0.3, 0.4) is 0 Å². The second-order valence-electron chi connectivity index (χ2n) is 9.36. The standard InChI is InChI=1S/C23H29N3O4S/c1-2-21(27)24-18-9-13-26(23(15-18)10-3-11-23)31(29,30)19-6-7-20-17(14-19)8-12-25(20)22(28)16-4-5-16/h2,6-7,14,16,18H,1,3-5,8-13,15H2,(H,24,27). The second-order valence-corrected chi connectivity index (χ2v) is 11.2. The number of carbonyl (C=O) groups is 2. The van der Waals surface area contributed by atoms with Crippen molar-refractivity contribution in [2.45, 2.75) is 67.8 Å². The number of anilines is 1. The minimum absolute atomic E-state index is 0.0285. The molecule has 5 rings (SSSR count). The summed E-state index contributed by atoms with van der Waals surface area (Å²) in [6.45, 7) is 4.53. The van der Waals surface area contributed by atoms with E-state index in [1.165, 1.54) is 6.08 Å². The molecule has 2 aliphatic carbocycles. The first-order chi connectivity index (χ1) is 14.8. The summed E-state index contributed by atoms with van der Waals surface area (Å²) < 4.78 is 29.0. The quantitative estimate of drug-likeness (QED) is 0.708. The van der Waals surface area contributed by atoms with E-state index in [-0.39, 0.29) is 23.8 Å². The summed E-state index contributed by atoms with van der Waals surface area (Å²) in [4.78, 5) is 26.4. The van der Waals surface area contributed by atoms with Gasteiger partial charge in [-0.15, -0.1) is 0 Å². The van der Waals surface area contributed by atoms with Crippen molar-refractivity contribution in [3.63, 3.8) is 0 Å². The number of fused-ring (bicyclic) bond motifs is 1. The summed E-state index contributed by atoms with van der Waals surface area (Å²) in [6.07, 6.45) is 7.75. The fourth-order valence-electron chi connectivity index (χ4n) is 5.42. The predicted octanol–water partition coefficient (Wildman–Crippen LogP) is 2.36. The summed E-state index contributed by atoms with van der Waals surface area (Å²) in [5.41, 5.74) is 1.38. The first kappa shape index (κ1) is 20.7. The molecule has 2 saturated carbocycles. The molecule has 8 heteroatoms. The topological polar surface area (TPSA) is 86.8 Å². The van der Waals surface area contributed by atoms with Crippen LogP contribution < -0.4 is 10.2 Å². The second kappa shape index (κ2) is 7.45. The summed E-state index contributed by atoms with van der Waals surface area (Å²) >= 11 is 0. The van der Waals surface area contributed by atoms with Crippen molar-refractivity contribution in [2.75, 3.05) is 18.0 Å². The van der Waals surface area contributed by atoms with E-state index in [4.69, 9.17) is 0 Å². The molecule has 0 radical (unpaired) electrons. The average molecular weight is 444 g/mol. The first-order valence-electron chi connectivity index (χ1n) is 11.2. The van der Waals surface area contributed by atoms with Gasteiger partial charge in [0.05, 0.1) is 4.90 Å². The molecule has 2 aliphatic heterocycles. The molecule has 2 heterocycles. The lowest BCUT2D eigenvalue weighted by molar-refractivity contribution is -0.120. The normalized spacial score (nSPS) is 25.0. The molecule has 166 valence electrons. The molecule has 3 fully saturated rings. The smallest absolute Gasteiger partial charge is 0.243 e. The van der Waals surface area contributed by atoms with Crippen LogP contribution in [0.5, 0.6) is 0 Å². The molecule has 1 unspecified atom stereocenters. The van der Waals surface area contributed by atoms with Crippen molar-refractivity contribution < 1.29 is 18.0 Å². The van der Waals surface area contributed by atoms with Crippen molar-refractivity contribution in [3.8, 4) is 0 Å². The Morgan fingerprint density at radius 1 is 1.16 bits per heavy atom. The van der Waals surface area contributed by atoms with Crippen LogP contribution in [-0.2, 0) is 26.0 Å². The van der Waals surface area contributed by atoms with E-state index in [9.17, 15) is 18.0 Å². The summed E-state index contributed by atoms with van der Waals surface area (Å²) in [5, 5.41) is 2.95. The lowest BCUT2D eigenvalue weighted by atomic mass is 9.70. The fourth-order valence-corrected chi connectivity index (χ4v) is 7.31. The van der Waals surface area contributed by atoms with Gasteiger partial charge in [-0.1, -0.05) is 6.58 Å². The third-order valence-electron chi connectivity index (χ3n) is 7.38. The lowest BCUT2D eigenvalue weighted by Crippen LogP contribution is -2.63. The third-order valence-corrected chi connectivity index (χ3v) is 9.38. The molecular weight excluding hydrogens is 414 g/mol. The highest BCUT2D eigenvalue weighted by atomic mass is 32.2. The summed E-state index contributed by atoms with van der Waals surface area (Å²) in [6, 6.07) is 5.20. The molecular formula is C23H29N3O4S. The van der Waals surface area contributed by atoms with Gasteiger partial charge in [-0.3, -0.25) is 9.59 Å². The molecule has 1 aromatic rings. The van der Waals surface area contributed by atoms with Gasteiger partial charge in [0, 0.05) is 36.3 Å². The highest BCUT2D eigenvalue weighted by molar-refractivity contribution is 7.89. The Labute approximate surface area is 183 Å². The number of piperidine rings is 1. The van der Waals surface area contributed by atoms with Crippen LogP contribution in [0, 0.1) is 5.92 Å². The molecule has 4 aliphatic rings. The average Bonchev–Trinajstić information content (AvgIpc) is 3.50. The molecule has 2 amide bonds. The van der Waals surface area contributed by atoms with Crippen LogP contribution in [0.2, 0.25) is 0 Å². The fraction of sp³-hybridized carbons (Fsp3) is 0.565. The number of sulfonamides is 1. The Bertz CT molecular complexity index is 1040. The maximum absolute atomic E-state index is 13.7. The van der Waals surface area contributed by atoms with E-state index >= 15 is 0 Å². The number of nitrogens with one attached hydrogen (secondary N) is 1. The number of nitrogens with zero attached hydrogens (tertiary/aromatic N) is 2. The van der Waals surface area contributed by atoms with Gasteiger partial charge >= 0.3 is 0 Å². The van der Waals surface area contributed by atoms with Gasteiger partial charge in [-0.25, -0.2) is 8.42 Å². The van der Waals surface area contributed by atoms with Crippen molar-refractivity contribution in [3.05, 3.63) is 36.4 Å². The summed E-state index contributed by atoms with van der Waals surface area (Å²) in [7, 11) is -3.65. The molecule has 1 atom stereocenters. The summed E-state index contributed by atoms with van der Waals surface area (Å²) in [5.74, 6) is 0.113. The zero-order valence-electron chi connectivity index (χ0n) is 17.7. The Hall–Kier alpha value is -2.19. The van der Waals surface area contributed by atoms with E-state index in [1.807, 2.05) is 4.90 Å². The van der Waals surface area contributed by atoms with Gasteiger partial charge in [-0.2, -0.15) is 4.31 Å². The van der Waals surface area contributed by atoms with Gasteiger partial charge in [0.25, 0.3) is 0 Å². The van der Waals surface area contributed by atoms with Crippen molar-refractivity contribution >= 4 is 27.5 Å². The van der Waals surface area contributed by atoms with E-state index in [0.29, 0.717) is 37.2 Å². The van der Waals surface area contributed by atoms with Gasteiger partial charge in [-0.05, 0) is 81.2 Å². The monoisotopic (exact) mass is 443 g/mol.